The van der Waals surface area contributed by atoms with Crippen LogP contribution in [0.3, 0.4) is 0 Å². The summed E-state index contributed by atoms with van der Waals surface area (Å²) in [7, 11) is 0. The number of carbonyl (C=O) groups excluding carboxylic acids is 2. The number of nitrogens with one attached hydrogen (secondary N) is 2. The predicted molar refractivity (Wildman–Crippen MR) is 87.0 cm³/mol. The predicted octanol–water partition coefficient (Wildman–Crippen LogP) is 2.31. The number of anilines is 1. The number of hydrogen-bond acceptors (Lipinski definition) is 3. The van der Waals surface area contributed by atoms with Gasteiger partial charge in [0.25, 0.3) is 5.91 Å². The van der Waals surface area contributed by atoms with E-state index in [9.17, 15) is 23.5 Å². The van der Waals surface area contributed by atoms with Gasteiger partial charge in [-0.2, -0.15) is 0 Å². The topological polar surface area (TPSA) is 78.4 Å². The number of amides is 2. The average molecular weight is 346 g/mol. The Kier molecular flexibility index (Phi) is 4.50. The van der Waals surface area contributed by atoms with Crippen molar-refractivity contribution >= 4 is 17.5 Å². The van der Waals surface area contributed by atoms with Crippen LogP contribution in [0.25, 0.3) is 0 Å². The van der Waals surface area contributed by atoms with Crippen LogP contribution in [0.2, 0.25) is 0 Å². The number of fused-ring (bicyclic) bond motifs is 1. The number of aliphatic hydroxyl groups is 1. The highest BCUT2D eigenvalue weighted by molar-refractivity contribution is 6.02. The fourth-order valence-corrected chi connectivity index (χ4v) is 2.71. The number of carbonyl (C=O) groups is 2. The van der Waals surface area contributed by atoms with Gasteiger partial charge in [-0.1, -0.05) is 12.1 Å². The molecule has 2 atom stereocenters. The summed E-state index contributed by atoms with van der Waals surface area (Å²) in [5.74, 6) is -2.65. The van der Waals surface area contributed by atoms with Crippen molar-refractivity contribution in [3.8, 4) is 0 Å². The molecule has 1 aliphatic heterocycles. The Bertz CT molecular complexity index is 854. The molecular formula is C18H16F2N2O3. The van der Waals surface area contributed by atoms with Gasteiger partial charge in [0.05, 0.1) is 18.6 Å². The Hall–Kier alpha value is -2.80. The van der Waals surface area contributed by atoms with Crippen molar-refractivity contribution < 1.29 is 23.5 Å². The highest BCUT2D eigenvalue weighted by Crippen LogP contribution is 2.24. The molecule has 0 aliphatic carbocycles. The lowest BCUT2D eigenvalue weighted by Crippen LogP contribution is -2.37. The van der Waals surface area contributed by atoms with Gasteiger partial charge in [0.1, 0.15) is 0 Å². The summed E-state index contributed by atoms with van der Waals surface area (Å²) in [5, 5.41) is 15.5. The minimum absolute atomic E-state index is 0.130. The molecule has 130 valence electrons. The highest BCUT2D eigenvalue weighted by atomic mass is 19.2. The van der Waals surface area contributed by atoms with Crippen LogP contribution in [0.15, 0.2) is 36.4 Å². The summed E-state index contributed by atoms with van der Waals surface area (Å²) in [6.45, 7) is 1.55. The Labute approximate surface area is 142 Å². The third kappa shape index (κ3) is 3.51. The molecule has 2 aromatic rings. The first-order valence-corrected chi connectivity index (χ1v) is 7.72. The van der Waals surface area contributed by atoms with E-state index in [0.29, 0.717) is 11.3 Å². The Morgan fingerprint density at radius 2 is 1.96 bits per heavy atom. The van der Waals surface area contributed by atoms with Gasteiger partial charge < -0.3 is 15.7 Å². The summed E-state index contributed by atoms with van der Waals surface area (Å²) >= 11 is 0. The summed E-state index contributed by atoms with van der Waals surface area (Å²) in [6, 6.07) is 7.19. The van der Waals surface area contributed by atoms with E-state index in [-0.39, 0.29) is 17.9 Å². The smallest absolute Gasteiger partial charge is 0.251 e. The molecule has 1 heterocycles. The van der Waals surface area contributed by atoms with Gasteiger partial charge in [-0.15, -0.1) is 0 Å². The van der Waals surface area contributed by atoms with Crippen molar-refractivity contribution in [2.45, 2.75) is 25.5 Å². The van der Waals surface area contributed by atoms with E-state index >= 15 is 0 Å². The minimum Gasteiger partial charge on any atom is -0.386 e. The molecule has 0 aromatic heterocycles. The standard InChI is InChI=1S/C18H16F2N2O3/c1-9(17(24)11-4-5-13(19)14(20)6-11)21-18(25)12-3-2-10-8-16(23)22-15(10)7-12/h2-7,9,17,24H,8H2,1H3,(H,21,25)(H,22,23)/t9-,17+/m0/s1. The van der Waals surface area contributed by atoms with E-state index in [4.69, 9.17) is 0 Å². The number of hydrogen-bond donors (Lipinski definition) is 3. The number of rotatable bonds is 4. The average Bonchev–Trinajstić information content (AvgIpc) is 2.95. The maximum absolute atomic E-state index is 13.3. The largest absolute Gasteiger partial charge is 0.386 e. The molecule has 3 N–H and O–H groups in total. The molecule has 0 unspecified atom stereocenters. The van der Waals surface area contributed by atoms with Crippen LogP contribution in [0.5, 0.6) is 0 Å². The van der Waals surface area contributed by atoms with Crippen LogP contribution in [0.4, 0.5) is 14.5 Å². The normalized spacial score (nSPS) is 15.3. The van der Waals surface area contributed by atoms with Gasteiger partial charge in [0.15, 0.2) is 11.6 Å². The number of aliphatic hydroxyl groups excluding tert-OH is 1. The van der Waals surface area contributed by atoms with Crippen molar-refractivity contribution in [3.63, 3.8) is 0 Å². The van der Waals surface area contributed by atoms with Gasteiger partial charge in [0.2, 0.25) is 5.91 Å². The molecule has 1 aliphatic rings. The third-order valence-corrected chi connectivity index (χ3v) is 4.11. The van der Waals surface area contributed by atoms with E-state index in [1.807, 2.05) is 0 Å². The van der Waals surface area contributed by atoms with Crippen LogP contribution < -0.4 is 10.6 Å². The monoisotopic (exact) mass is 346 g/mol. The first kappa shape index (κ1) is 17.0. The summed E-state index contributed by atoms with van der Waals surface area (Å²) < 4.78 is 26.3. The van der Waals surface area contributed by atoms with Crippen LogP contribution in [0, 0.1) is 11.6 Å². The first-order valence-electron chi connectivity index (χ1n) is 7.72. The maximum atomic E-state index is 13.3. The van der Waals surface area contributed by atoms with Gasteiger partial charge in [0, 0.05) is 11.3 Å². The molecule has 0 bridgehead atoms. The third-order valence-electron chi connectivity index (χ3n) is 4.11. The highest BCUT2D eigenvalue weighted by Gasteiger charge is 2.22. The SMILES string of the molecule is C[C@H](NC(=O)c1ccc2c(c1)NC(=O)C2)[C@@H](O)c1ccc(F)c(F)c1. The molecule has 0 saturated heterocycles. The van der Waals surface area contributed by atoms with Crippen LogP contribution in [0.1, 0.15) is 34.5 Å². The van der Waals surface area contributed by atoms with Crippen LogP contribution in [-0.2, 0) is 11.2 Å². The zero-order valence-electron chi connectivity index (χ0n) is 13.3. The second-order valence-electron chi connectivity index (χ2n) is 5.98. The second kappa shape index (κ2) is 6.60. The van der Waals surface area contributed by atoms with Crippen molar-refractivity contribution in [1.29, 1.82) is 0 Å². The van der Waals surface area contributed by atoms with Gasteiger partial charge in [-0.05, 0) is 42.3 Å². The number of benzene rings is 2. The van der Waals surface area contributed by atoms with E-state index in [1.54, 1.807) is 25.1 Å². The van der Waals surface area contributed by atoms with E-state index in [1.165, 1.54) is 6.07 Å². The van der Waals surface area contributed by atoms with Crippen LogP contribution >= 0.6 is 0 Å². The lowest BCUT2D eigenvalue weighted by Gasteiger charge is -2.21. The van der Waals surface area contributed by atoms with Crippen molar-refractivity contribution in [2.24, 2.45) is 0 Å². The molecule has 7 heteroatoms. The minimum atomic E-state index is -1.20. The molecule has 0 spiro atoms. The molecule has 5 nitrogen and oxygen atoms in total. The molecule has 2 amide bonds. The Morgan fingerprint density at radius 1 is 1.20 bits per heavy atom. The summed E-state index contributed by atoms with van der Waals surface area (Å²) in [4.78, 5) is 23.7. The molecule has 2 aromatic carbocycles. The molecule has 25 heavy (non-hydrogen) atoms. The van der Waals surface area contributed by atoms with Crippen molar-refractivity contribution in [3.05, 3.63) is 64.7 Å². The molecule has 0 saturated carbocycles. The van der Waals surface area contributed by atoms with Crippen molar-refractivity contribution in [2.75, 3.05) is 5.32 Å². The number of halogens is 2. The Balaban J connectivity index is 1.71. The lowest BCUT2D eigenvalue weighted by molar-refractivity contribution is -0.115. The van der Waals surface area contributed by atoms with Crippen molar-refractivity contribution in [1.82, 2.24) is 5.32 Å². The summed E-state index contributed by atoms with van der Waals surface area (Å²) in [6.07, 6.45) is -0.921. The lowest BCUT2D eigenvalue weighted by atomic mass is 10.0. The fourth-order valence-electron chi connectivity index (χ4n) is 2.71. The summed E-state index contributed by atoms with van der Waals surface area (Å²) in [5.41, 5.74) is 1.89. The van der Waals surface area contributed by atoms with E-state index in [0.717, 1.165) is 17.7 Å². The second-order valence-corrected chi connectivity index (χ2v) is 5.98. The molecular weight excluding hydrogens is 330 g/mol. The Morgan fingerprint density at radius 3 is 2.68 bits per heavy atom. The van der Waals surface area contributed by atoms with Gasteiger partial charge in [-0.3, -0.25) is 9.59 Å². The van der Waals surface area contributed by atoms with Gasteiger partial charge in [-0.25, -0.2) is 8.78 Å². The molecule has 0 fully saturated rings. The molecule has 3 rings (SSSR count). The zero-order chi connectivity index (χ0) is 18.1. The quantitative estimate of drug-likeness (QED) is 0.795. The van der Waals surface area contributed by atoms with E-state index in [2.05, 4.69) is 10.6 Å². The molecule has 0 radical (unpaired) electrons. The van der Waals surface area contributed by atoms with Crippen LogP contribution in [-0.4, -0.2) is 23.0 Å². The first-order chi connectivity index (χ1) is 11.8. The fraction of sp³-hybridized carbons (Fsp3) is 0.222. The zero-order valence-corrected chi connectivity index (χ0v) is 13.3. The van der Waals surface area contributed by atoms with E-state index < -0.39 is 29.7 Å². The van der Waals surface area contributed by atoms with Gasteiger partial charge >= 0.3 is 0 Å². The maximum Gasteiger partial charge on any atom is 0.251 e.